The molecule has 6 rings (SSSR count). The van der Waals surface area contributed by atoms with Crippen LogP contribution < -0.4 is 5.32 Å². The molecule has 4 fully saturated rings. The van der Waals surface area contributed by atoms with Gasteiger partial charge in [0.25, 0.3) is 0 Å². The number of rotatable bonds is 4. The van der Waals surface area contributed by atoms with E-state index in [4.69, 9.17) is 4.42 Å². The van der Waals surface area contributed by atoms with Gasteiger partial charge in [0.2, 0.25) is 5.91 Å². The van der Waals surface area contributed by atoms with Gasteiger partial charge in [-0.1, -0.05) is 0 Å². The summed E-state index contributed by atoms with van der Waals surface area (Å²) in [5, 5.41) is 3.19. The highest BCUT2D eigenvalue weighted by molar-refractivity contribution is 5.83. The molecule has 130 valence electrons. The Labute approximate surface area is 147 Å². The van der Waals surface area contributed by atoms with Gasteiger partial charge in [-0.2, -0.15) is 0 Å². The Morgan fingerprint density at radius 3 is 2.44 bits per heavy atom. The molecule has 0 aliphatic heterocycles. The van der Waals surface area contributed by atoms with Crippen molar-refractivity contribution in [2.45, 2.75) is 45.1 Å². The topological polar surface area (TPSA) is 68.0 Å². The molecule has 1 N–H and O–H groups in total. The van der Waals surface area contributed by atoms with Crippen molar-refractivity contribution in [1.29, 1.82) is 0 Å². The number of amides is 1. The van der Waals surface area contributed by atoms with Gasteiger partial charge in [-0.3, -0.25) is 14.8 Å². The maximum atomic E-state index is 13.1. The summed E-state index contributed by atoms with van der Waals surface area (Å²) in [5.41, 5.74) is 2.35. The van der Waals surface area contributed by atoms with Crippen molar-refractivity contribution in [3.05, 3.63) is 36.7 Å². The van der Waals surface area contributed by atoms with Crippen LogP contribution in [0.4, 0.5) is 0 Å². The molecule has 1 amide bonds. The average molecular weight is 337 g/mol. The Hall–Kier alpha value is -2.17. The van der Waals surface area contributed by atoms with Gasteiger partial charge < -0.3 is 9.73 Å². The quantitative estimate of drug-likeness (QED) is 0.926. The van der Waals surface area contributed by atoms with E-state index in [2.05, 4.69) is 15.3 Å². The van der Waals surface area contributed by atoms with Gasteiger partial charge in [0.1, 0.15) is 0 Å². The average Bonchev–Trinajstić information content (AvgIpc) is 3.13. The van der Waals surface area contributed by atoms with Crippen LogP contribution in [0.3, 0.4) is 0 Å². The molecule has 2 aromatic rings. The van der Waals surface area contributed by atoms with Crippen molar-refractivity contribution in [2.75, 3.05) is 0 Å². The van der Waals surface area contributed by atoms with E-state index in [0.29, 0.717) is 6.54 Å². The van der Waals surface area contributed by atoms with Crippen molar-refractivity contribution in [3.8, 4) is 11.3 Å². The first-order chi connectivity index (χ1) is 12.2. The molecule has 0 saturated heterocycles. The van der Waals surface area contributed by atoms with Gasteiger partial charge in [0.15, 0.2) is 0 Å². The SMILES string of the molecule is O=C(NCc1nccnc1-c1ccoc1)C12CC3CC(CC(C3)C1)C2. The Bertz CT molecular complexity index is 749. The number of hydrogen-bond donors (Lipinski definition) is 1. The predicted octanol–water partition coefficient (Wildman–Crippen LogP) is 3.57. The van der Waals surface area contributed by atoms with E-state index in [-0.39, 0.29) is 11.3 Å². The number of carbonyl (C=O) groups is 1. The predicted molar refractivity (Wildman–Crippen MR) is 92.2 cm³/mol. The van der Waals surface area contributed by atoms with E-state index in [1.807, 2.05) is 6.07 Å². The molecule has 0 unspecified atom stereocenters. The molecule has 4 aliphatic carbocycles. The van der Waals surface area contributed by atoms with Crippen molar-refractivity contribution in [3.63, 3.8) is 0 Å². The monoisotopic (exact) mass is 337 g/mol. The second-order valence-corrected chi connectivity index (χ2v) is 8.24. The second kappa shape index (κ2) is 5.68. The fourth-order valence-corrected chi connectivity index (χ4v) is 5.88. The molecular formula is C20H23N3O2. The smallest absolute Gasteiger partial charge is 0.226 e. The van der Waals surface area contributed by atoms with Gasteiger partial charge in [-0.25, -0.2) is 0 Å². The maximum Gasteiger partial charge on any atom is 0.226 e. The van der Waals surface area contributed by atoms with Crippen LogP contribution in [0.5, 0.6) is 0 Å². The Morgan fingerprint density at radius 1 is 1.12 bits per heavy atom. The van der Waals surface area contributed by atoms with Crippen LogP contribution in [-0.4, -0.2) is 15.9 Å². The third kappa shape index (κ3) is 2.57. The first-order valence-electron chi connectivity index (χ1n) is 9.33. The van der Waals surface area contributed by atoms with Crippen LogP contribution in [-0.2, 0) is 11.3 Å². The van der Waals surface area contributed by atoms with Crippen LogP contribution in [0.25, 0.3) is 11.3 Å². The molecule has 4 bridgehead atoms. The maximum absolute atomic E-state index is 13.1. The van der Waals surface area contributed by atoms with Crippen LogP contribution in [0, 0.1) is 23.2 Å². The van der Waals surface area contributed by atoms with Crippen molar-refractivity contribution >= 4 is 5.91 Å². The highest BCUT2D eigenvalue weighted by Gasteiger charge is 2.54. The number of carbonyl (C=O) groups excluding carboxylic acids is 1. The Balaban J connectivity index is 1.33. The lowest BCUT2D eigenvalue weighted by molar-refractivity contribution is -0.146. The van der Waals surface area contributed by atoms with Crippen molar-refractivity contribution < 1.29 is 9.21 Å². The first-order valence-corrected chi connectivity index (χ1v) is 9.33. The second-order valence-electron chi connectivity index (χ2n) is 8.24. The molecule has 4 aliphatic rings. The zero-order valence-electron chi connectivity index (χ0n) is 14.3. The lowest BCUT2D eigenvalue weighted by atomic mass is 9.49. The molecule has 4 saturated carbocycles. The highest BCUT2D eigenvalue weighted by atomic mass is 16.3. The molecule has 5 heteroatoms. The third-order valence-corrected chi connectivity index (χ3v) is 6.50. The largest absolute Gasteiger partial charge is 0.472 e. The highest BCUT2D eigenvalue weighted by Crippen LogP contribution is 2.60. The van der Waals surface area contributed by atoms with Gasteiger partial charge >= 0.3 is 0 Å². The zero-order valence-corrected chi connectivity index (χ0v) is 14.3. The number of aromatic nitrogens is 2. The van der Waals surface area contributed by atoms with Crippen molar-refractivity contribution in [1.82, 2.24) is 15.3 Å². The summed E-state index contributed by atoms with van der Waals surface area (Å²) < 4.78 is 5.16. The van der Waals surface area contributed by atoms with Crippen molar-refractivity contribution in [2.24, 2.45) is 23.2 Å². The van der Waals surface area contributed by atoms with E-state index in [1.165, 1.54) is 19.3 Å². The third-order valence-electron chi connectivity index (χ3n) is 6.50. The molecule has 0 atom stereocenters. The summed E-state index contributed by atoms with van der Waals surface area (Å²) in [4.78, 5) is 21.9. The summed E-state index contributed by atoms with van der Waals surface area (Å²) in [6.45, 7) is 0.426. The fraction of sp³-hybridized carbons (Fsp3) is 0.550. The lowest BCUT2D eigenvalue weighted by Gasteiger charge is -2.55. The Morgan fingerprint density at radius 2 is 1.80 bits per heavy atom. The van der Waals surface area contributed by atoms with Crippen LogP contribution >= 0.6 is 0 Å². The summed E-state index contributed by atoms with van der Waals surface area (Å²) in [5.74, 6) is 2.55. The Kier molecular flexibility index (Phi) is 3.43. The molecule has 25 heavy (non-hydrogen) atoms. The minimum Gasteiger partial charge on any atom is -0.472 e. The van der Waals surface area contributed by atoms with E-state index in [9.17, 15) is 4.79 Å². The van der Waals surface area contributed by atoms with Crippen LogP contribution in [0.15, 0.2) is 35.4 Å². The van der Waals surface area contributed by atoms with E-state index in [0.717, 1.165) is 54.0 Å². The van der Waals surface area contributed by atoms with Gasteiger partial charge in [-0.15, -0.1) is 0 Å². The van der Waals surface area contributed by atoms with Gasteiger partial charge in [0, 0.05) is 23.4 Å². The normalized spacial score (nSPS) is 32.7. The van der Waals surface area contributed by atoms with Gasteiger partial charge in [0.05, 0.1) is 30.5 Å². The number of hydrogen-bond acceptors (Lipinski definition) is 4. The zero-order chi connectivity index (χ0) is 16.9. The minimum atomic E-state index is -0.118. The van der Waals surface area contributed by atoms with E-state index >= 15 is 0 Å². The standard InChI is InChI=1S/C20H23N3O2/c24-19(20-8-13-5-14(9-20)7-15(6-13)10-20)23-11-17-18(22-3-2-21-17)16-1-4-25-12-16/h1-4,12-15H,5-11H2,(H,23,24). The van der Waals surface area contributed by atoms with Crippen LogP contribution in [0.2, 0.25) is 0 Å². The molecule has 0 aromatic carbocycles. The summed E-state index contributed by atoms with van der Waals surface area (Å²) in [6, 6.07) is 1.87. The molecule has 0 radical (unpaired) electrons. The van der Waals surface area contributed by atoms with E-state index in [1.54, 1.807) is 24.9 Å². The molecule has 5 nitrogen and oxygen atoms in total. The minimum absolute atomic E-state index is 0.118. The number of nitrogens with one attached hydrogen (secondary N) is 1. The fourth-order valence-electron chi connectivity index (χ4n) is 5.88. The van der Waals surface area contributed by atoms with Gasteiger partial charge in [-0.05, 0) is 62.3 Å². The molecule has 0 spiro atoms. The lowest BCUT2D eigenvalue weighted by Crippen LogP contribution is -2.53. The summed E-state index contributed by atoms with van der Waals surface area (Å²) in [6.07, 6.45) is 13.9. The molecular weight excluding hydrogens is 314 g/mol. The van der Waals surface area contributed by atoms with Crippen LogP contribution in [0.1, 0.15) is 44.2 Å². The molecule has 2 heterocycles. The number of furan rings is 1. The number of nitrogens with zero attached hydrogens (tertiary/aromatic N) is 2. The molecule has 2 aromatic heterocycles. The van der Waals surface area contributed by atoms with E-state index < -0.39 is 0 Å². The summed E-state index contributed by atoms with van der Waals surface area (Å²) in [7, 11) is 0. The summed E-state index contributed by atoms with van der Waals surface area (Å²) >= 11 is 0. The first kappa shape index (κ1) is 15.1.